The fourth-order valence-corrected chi connectivity index (χ4v) is 2.03. The van der Waals surface area contributed by atoms with Gasteiger partial charge in [0, 0.05) is 18.7 Å². The number of methoxy groups -OCH3 is 1. The number of carbonyl (C=O) groups is 1. The van der Waals surface area contributed by atoms with Crippen molar-refractivity contribution in [3.63, 3.8) is 0 Å². The molecule has 7 heteroatoms. The van der Waals surface area contributed by atoms with E-state index in [1.807, 2.05) is 18.2 Å². The molecule has 2 heterocycles. The lowest BCUT2D eigenvalue weighted by molar-refractivity contribution is -0.149. The van der Waals surface area contributed by atoms with Gasteiger partial charge in [-0.05, 0) is 18.2 Å². The monoisotopic (exact) mass is 305 g/mol. The predicted molar refractivity (Wildman–Crippen MR) is 74.6 cm³/mol. The maximum absolute atomic E-state index is 11.2. The Kier molecular flexibility index (Phi) is 4.24. The summed E-state index contributed by atoms with van der Waals surface area (Å²) < 4.78 is 25.9. The largest absolute Gasteiger partial charge is 0.486 e. The second-order valence-electron chi connectivity index (χ2n) is 4.63. The lowest BCUT2D eigenvalue weighted by atomic mass is 10.1. The van der Waals surface area contributed by atoms with E-state index in [0.717, 1.165) is 5.56 Å². The maximum Gasteiger partial charge on any atom is 0.332 e. The van der Waals surface area contributed by atoms with Crippen molar-refractivity contribution in [2.45, 2.75) is 6.61 Å². The first-order valence-corrected chi connectivity index (χ1v) is 6.76. The Balaban J connectivity index is 1.69. The van der Waals surface area contributed by atoms with Crippen LogP contribution in [0.2, 0.25) is 0 Å². The van der Waals surface area contributed by atoms with E-state index in [-0.39, 0.29) is 13.2 Å². The van der Waals surface area contributed by atoms with Gasteiger partial charge in [0.1, 0.15) is 32.1 Å². The van der Waals surface area contributed by atoms with Gasteiger partial charge in [-0.1, -0.05) is 5.16 Å². The summed E-state index contributed by atoms with van der Waals surface area (Å²) in [5.74, 6) is 1.50. The number of hydrogen-bond donors (Lipinski definition) is 0. The van der Waals surface area contributed by atoms with Gasteiger partial charge >= 0.3 is 5.97 Å². The third-order valence-electron chi connectivity index (χ3n) is 3.03. The van der Waals surface area contributed by atoms with Crippen molar-refractivity contribution in [1.82, 2.24) is 5.16 Å². The third kappa shape index (κ3) is 3.20. The average molecular weight is 305 g/mol. The molecular weight excluding hydrogens is 290 g/mol. The molecule has 0 aliphatic carbocycles. The summed E-state index contributed by atoms with van der Waals surface area (Å²) in [5.41, 5.74) is 1.33. The number of benzene rings is 1. The number of nitrogens with zero attached hydrogens (tertiary/aromatic N) is 1. The van der Waals surface area contributed by atoms with Crippen molar-refractivity contribution in [3.05, 3.63) is 30.0 Å². The second-order valence-corrected chi connectivity index (χ2v) is 4.63. The van der Waals surface area contributed by atoms with Crippen molar-refractivity contribution in [2.24, 2.45) is 0 Å². The fourth-order valence-electron chi connectivity index (χ4n) is 2.03. The lowest BCUT2D eigenvalue weighted by Gasteiger charge is -2.18. The number of esters is 1. The van der Waals surface area contributed by atoms with Crippen LogP contribution < -0.4 is 9.47 Å². The Bertz CT molecular complexity index is 666. The van der Waals surface area contributed by atoms with Crippen LogP contribution in [0.1, 0.15) is 5.69 Å². The summed E-state index contributed by atoms with van der Waals surface area (Å²) in [4.78, 5) is 11.2. The molecule has 1 aliphatic rings. The molecule has 1 aliphatic heterocycles. The first-order valence-electron chi connectivity index (χ1n) is 6.76. The Morgan fingerprint density at radius 2 is 2.05 bits per heavy atom. The van der Waals surface area contributed by atoms with E-state index in [9.17, 15) is 4.79 Å². The first kappa shape index (κ1) is 14.4. The van der Waals surface area contributed by atoms with Crippen molar-refractivity contribution < 1.29 is 28.3 Å². The number of fused-ring (bicyclic) bond motifs is 1. The highest BCUT2D eigenvalue weighted by Crippen LogP contribution is 2.34. The van der Waals surface area contributed by atoms with Crippen LogP contribution in [0.15, 0.2) is 28.8 Å². The van der Waals surface area contributed by atoms with Gasteiger partial charge in [-0.2, -0.15) is 0 Å². The van der Waals surface area contributed by atoms with Gasteiger partial charge < -0.3 is 23.5 Å². The molecule has 0 spiro atoms. The number of rotatable bonds is 5. The molecule has 1 aromatic carbocycles. The molecule has 0 unspecified atom stereocenters. The fraction of sp³-hybridized carbons (Fsp3) is 0.333. The lowest BCUT2D eigenvalue weighted by Crippen LogP contribution is -2.15. The van der Waals surface area contributed by atoms with Crippen LogP contribution in [0.25, 0.3) is 11.3 Å². The van der Waals surface area contributed by atoms with Crippen LogP contribution in [0.3, 0.4) is 0 Å². The molecule has 0 amide bonds. The molecular formula is C15H15NO6. The van der Waals surface area contributed by atoms with E-state index < -0.39 is 5.97 Å². The molecule has 0 N–H and O–H groups in total. The van der Waals surface area contributed by atoms with Crippen LogP contribution in [-0.4, -0.2) is 38.1 Å². The molecule has 0 radical (unpaired) electrons. The van der Waals surface area contributed by atoms with E-state index in [1.54, 1.807) is 6.07 Å². The number of aromatic nitrogens is 1. The molecule has 0 fully saturated rings. The predicted octanol–water partition coefficient (Wildman–Crippen LogP) is 1.80. The van der Waals surface area contributed by atoms with E-state index in [1.165, 1.54) is 7.11 Å². The third-order valence-corrected chi connectivity index (χ3v) is 3.03. The van der Waals surface area contributed by atoms with Gasteiger partial charge in [-0.15, -0.1) is 0 Å². The summed E-state index contributed by atoms with van der Waals surface area (Å²) in [6.07, 6.45) is 0. The molecule has 0 saturated carbocycles. The van der Waals surface area contributed by atoms with Gasteiger partial charge in [0.05, 0.1) is 0 Å². The van der Waals surface area contributed by atoms with Crippen LogP contribution >= 0.6 is 0 Å². The Morgan fingerprint density at radius 1 is 1.23 bits per heavy atom. The summed E-state index contributed by atoms with van der Waals surface area (Å²) >= 11 is 0. The van der Waals surface area contributed by atoms with Gasteiger partial charge in [0.2, 0.25) is 0 Å². The first-order chi connectivity index (χ1) is 10.8. The minimum atomic E-state index is -0.452. The van der Waals surface area contributed by atoms with E-state index in [0.29, 0.717) is 36.2 Å². The normalized spacial score (nSPS) is 13.0. The Labute approximate surface area is 126 Å². The minimum absolute atomic E-state index is 0.0379. The highest BCUT2D eigenvalue weighted by Gasteiger charge is 2.15. The van der Waals surface area contributed by atoms with Crippen LogP contribution in [0.5, 0.6) is 11.5 Å². The van der Waals surface area contributed by atoms with Gasteiger partial charge in [0.25, 0.3) is 0 Å². The molecule has 3 rings (SSSR count). The number of carbonyl (C=O) groups excluding carboxylic acids is 1. The molecule has 0 bridgehead atoms. The van der Waals surface area contributed by atoms with E-state index in [4.69, 9.17) is 18.7 Å². The quantitative estimate of drug-likeness (QED) is 0.779. The zero-order chi connectivity index (χ0) is 15.4. The molecule has 2 aromatic rings. The van der Waals surface area contributed by atoms with E-state index >= 15 is 0 Å². The van der Waals surface area contributed by atoms with Crippen molar-refractivity contribution >= 4 is 5.97 Å². The zero-order valence-electron chi connectivity index (χ0n) is 12.0. The van der Waals surface area contributed by atoms with Gasteiger partial charge in [-0.25, -0.2) is 4.79 Å². The SMILES string of the molecule is COCC(=O)OCc1cc(-c2ccc3c(c2)OCCO3)on1. The Morgan fingerprint density at radius 3 is 2.86 bits per heavy atom. The summed E-state index contributed by atoms with van der Waals surface area (Å²) in [5, 5.41) is 3.87. The van der Waals surface area contributed by atoms with Crippen LogP contribution in [-0.2, 0) is 20.9 Å². The molecule has 0 saturated heterocycles. The standard InChI is InChI=1S/C15H15NO6/c1-18-9-15(17)21-8-11-7-13(22-16-11)10-2-3-12-14(6-10)20-5-4-19-12/h2-3,6-7H,4-5,8-9H2,1H3. The van der Waals surface area contributed by atoms with Crippen molar-refractivity contribution in [1.29, 1.82) is 0 Å². The maximum atomic E-state index is 11.2. The van der Waals surface area contributed by atoms with Crippen LogP contribution in [0.4, 0.5) is 0 Å². The molecule has 7 nitrogen and oxygen atoms in total. The summed E-state index contributed by atoms with van der Waals surface area (Å²) in [6, 6.07) is 7.22. The minimum Gasteiger partial charge on any atom is -0.486 e. The number of ether oxygens (including phenoxy) is 4. The Hall–Kier alpha value is -2.54. The topological polar surface area (TPSA) is 80.0 Å². The van der Waals surface area contributed by atoms with Gasteiger partial charge in [-0.3, -0.25) is 0 Å². The van der Waals surface area contributed by atoms with Crippen LogP contribution in [0, 0.1) is 0 Å². The smallest absolute Gasteiger partial charge is 0.332 e. The highest BCUT2D eigenvalue weighted by molar-refractivity contribution is 5.70. The average Bonchev–Trinajstić information content (AvgIpc) is 3.02. The molecule has 116 valence electrons. The highest BCUT2D eigenvalue weighted by atomic mass is 16.6. The summed E-state index contributed by atoms with van der Waals surface area (Å²) in [7, 11) is 1.43. The molecule has 0 atom stereocenters. The number of hydrogen-bond acceptors (Lipinski definition) is 7. The summed E-state index contributed by atoms with van der Waals surface area (Å²) in [6.45, 7) is 1.02. The molecule has 1 aromatic heterocycles. The van der Waals surface area contributed by atoms with E-state index in [2.05, 4.69) is 9.89 Å². The van der Waals surface area contributed by atoms with Crippen molar-refractivity contribution in [3.8, 4) is 22.8 Å². The molecule has 22 heavy (non-hydrogen) atoms. The van der Waals surface area contributed by atoms with Gasteiger partial charge in [0.15, 0.2) is 17.3 Å². The van der Waals surface area contributed by atoms with Crippen molar-refractivity contribution in [2.75, 3.05) is 26.9 Å². The second kappa shape index (κ2) is 6.48. The zero-order valence-corrected chi connectivity index (χ0v) is 12.0.